The number of Topliss-reactive ketones (excluding diaryl/α,β-unsaturated/α-hetero) is 2. The van der Waals surface area contributed by atoms with Gasteiger partial charge in [0.05, 0.1) is 0 Å². The summed E-state index contributed by atoms with van der Waals surface area (Å²) in [5.41, 5.74) is 0. The minimum absolute atomic E-state index is 0.303. The van der Waals surface area contributed by atoms with Crippen molar-refractivity contribution in [1.82, 2.24) is 21.3 Å². The van der Waals surface area contributed by atoms with E-state index in [9.17, 15) is 9.59 Å². The first kappa shape index (κ1) is 17.2. The molecule has 4 N–H and O–H groups in total. The summed E-state index contributed by atoms with van der Waals surface area (Å²) in [6, 6.07) is 0. The van der Waals surface area contributed by atoms with Gasteiger partial charge in [0.15, 0.2) is 0 Å². The van der Waals surface area contributed by atoms with Gasteiger partial charge in [-0.05, 0) is 0 Å². The molecular formula is C14H28N4O2. The molecule has 1 saturated heterocycles. The van der Waals surface area contributed by atoms with Gasteiger partial charge in [-0.15, -0.1) is 0 Å². The van der Waals surface area contributed by atoms with Crippen molar-refractivity contribution in [2.75, 3.05) is 52.4 Å². The molecule has 1 fully saturated rings. The molecule has 1 rings (SSSR count). The van der Waals surface area contributed by atoms with Crippen molar-refractivity contribution in [2.24, 2.45) is 0 Å². The van der Waals surface area contributed by atoms with E-state index in [4.69, 9.17) is 0 Å². The average Bonchev–Trinajstić information content (AvgIpc) is 2.43. The number of carbonyl (C=O) groups excluding carboxylic acids is 2. The second kappa shape index (κ2) is 12.0. The van der Waals surface area contributed by atoms with Crippen LogP contribution in [0.15, 0.2) is 0 Å². The molecule has 0 aromatic carbocycles. The highest BCUT2D eigenvalue weighted by Crippen LogP contribution is 1.89. The highest BCUT2D eigenvalue weighted by Gasteiger charge is 2.03. The molecule has 116 valence electrons. The summed E-state index contributed by atoms with van der Waals surface area (Å²) in [6.07, 6.45) is 2.38. The predicted octanol–water partition coefficient (Wildman–Crippen LogP) is -0.943. The van der Waals surface area contributed by atoms with E-state index in [1.807, 2.05) is 0 Å². The molecule has 0 amide bonds. The smallest absolute Gasteiger partial charge is 0.135 e. The summed E-state index contributed by atoms with van der Waals surface area (Å²) >= 11 is 0. The Bertz CT molecular complexity index is 232. The zero-order valence-electron chi connectivity index (χ0n) is 12.3. The molecule has 1 aliphatic heterocycles. The highest BCUT2D eigenvalue weighted by molar-refractivity contribution is 5.79. The summed E-state index contributed by atoms with van der Waals surface area (Å²) in [5.74, 6) is 0.607. The fourth-order valence-corrected chi connectivity index (χ4v) is 2.01. The van der Waals surface area contributed by atoms with Crippen molar-refractivity contribution < 1.29 is 9.59 Å². The predicted molar refractivity (Wildman–Crippen MR) is 80.0 cm³/mol. The number of carbonyl (C=O) groups is 2. The summed E-state index contributed by atoms with van der Waals surface area (Å²) in [7, 11) is 0. The number of rotatable bonds is 0. The lowest BCUT2D eigenvalue weighted by Gasteiger charge is -2.09. The lowest BCUT2D eigenvalue weighted by molar-refractivity contribution is -0.119. The monoisotopic (exact) mass is 284 g/mol. The van der Waals surface area contributed by atoms with Gasteiger partial charge in [-0.3, -0.25) is 9.59 Å². The molecule has 0 atom stereocenters. The van der Waals surface area contributed by atoms with Crippen LogP contribution in [0.25, 0.3) is 0 Å². The zero-order chi connectivity index (χ0) is 14.5. The molecule has 0 saturated carbocycles. The molecule has 0 spiro atoms. The van der Waals surface area contributed by atoms with Gasteiger partial charge in [0.1, 0.15) is 11.6 Å². The Hall–Kier alpha value is -0.820. The average molecular weight is 284 g/mol. The Morgan fingerprint density at radius 1 is 0.450 bits per heavy atom. The van der Waals surface area contributed by atoms with E-state index in [0.717, 1.165) is 52.4 Å². The molecule has 0 aliphatic carbocycles. The van der Waals surface area contributed by atoms with Crippen LogP contribution in [0.1, 0.15) is 25.7 Å². The molecule has 0 unspecified atom stereocenters. The van der Waals surface area contributed by atoms with E-state index >= 15 is 0 Å². The normalized spacial score (nSPS) is 23.0. The van der Waals surface area contributed by atoms with Gasteiger partial charge in [-0.1, -0.05) is 0 Å². The second-order valence-corrected chi connectivity index (χ2v) is 5.08. The van der Waals surface area contributed by atoms with Gasteiger partial charge in [0.25, 0.3) is 0 Å². The molecule has 6 nitrogen and oxygen atoms in total. The van der Waals surface area contributed by atoms with Crippen LogP contribution in [0.5, 0.6) is 0 Å². The number of nitrogens with one attached hydrogen (secondary N) is 4. The Morgan fingerprint density at radius 2 is 0.700 bits per heavy atom. The minimum Gasteiger partial charge on any atom is -0.315 e. The molecule has 6 heteroatoms. The van der Waals surface area contributed by atoms with Gasteiger partial charge < -0.3 is 21.3 Å². The number of ketones is 2. The van der Waals surface area contributed by atoms with Gasteiger partial charge >= 0.3 is 0 Å². The van der Waals surface area contributed by atoms with Crippen LogP contribution in [0, 0.1) is 0 Å². The van der Waals surface area contributed by atoms with E-state index in [1.54, 1.807) is 0 Å². The third-order valence-electron chi connectivity index (χ3n) is 3.28. The van der Waals surface area contributed by atoms with Crippen molar-refractivity contribution in [1.29, 1.82) is 0 Å². The highest BCUT2D eigenvalue weighted by atomic mass is 16.1. The fourth-order valence-electron chi connectivity index (χ4n) is 2.01. The quantitative estimate of drug-likeness (QED) is 0.459. The van der Waals surface area contributed by atoms with Crippen LogP contribution in [-0.2, 0) is 9.59 Å². The molecule has 1 aliphatic rings. The summed E-state index contributed by atoms with van der Waals surface area (Å²) in [6.45, 7) is 6.29. The van der Waals surface area contributed by atoms with Crippen molar-refractivity contribution in [2.45, 2.75) is 25.7 Å². The Morgan fingerprint density at radius 3 is 0.950 bits per heavy atom. The first-order chi connectivity index (χ1) is 9.79. The van der Waals surface area contributed by atoms with E-state index < -0.39 is 0 Å². The summed E-state index contributed by atoms with van der Waals surface area (Å²) in [5, 5.41) is 12.9. The van der Waals surface area contributed by atoms with Crippen molar-refractivity contribution >= 4 is 11.6 Å². The largest absolute Gasteiger partial charge is 0.315 e. The number of hydrogen-bond acceptors (Lipinski definition) is 6. The van der Waals surface area contributed by atoms with Gasteiger partial charge in [0.2, 0.25) is 0 Å². The van der Waals surface area contributed by atoms with Crippen LogP contribution in [0.4, 0.5) is 0 Å². The molecular weight excluding hydrogens is 256 g/mol. The molecule has 1 heterocycles. The van der Waals surface area contributed by atoms with Gasteiger partial charge in [-0.2, -0.15) is 0 Å². The van der Waals surface area contributed by atoms with Crippen LogP contribution < -0.4 is 21.3 Å². The van der Waals surface area contributed by atoms with E-state index in [1.165, 1.54) is 0 Å². The third-order valence-corrected chi connectivity index (χ3v) is 3.28. The first-order valence-electron chi connectivity index (χ1n) is 7.65. The molecule has 20 heavy (non-hydrogen) atoms. The van der Waals surface area contributed by atoms with Crippen LogP contribution in [-0.4, -0.2) is 63.9 Å². The molecule has 0 bridgehead atoms. The van der Waals surface area contributed by atoms with Crippen LogP contribution >= 0.6 is 0 Å². The Labute approximate surface area is 121 Å². The van der Waals surface area contributed by atoms with Crippen LogP contribution in [0.2, 0.25) is 0 Å². The summed E-state index contributed by atoms with van der Waals surface area (Å²) < 4.78 is 0. The maximum Gasteiger partial charge on any atom is 0.135 e. The Kier molecular flexibility index (Phi) is 10.3. The van der Waals surface area contributed by atoms with E-state index in [-0.39, 0.29) is 0 Å². The summed E-state index contributed by atoms with van der Waals surface area (Å²) in [4.78, 5) is 23.1. The van der Waals surface area contributed by atoms with Gasteiger partial charge in [0, 0.05) is 78.0 Å². The SMILES string of the molecule is O=C1CCNCCNCCC(=O)CCNCCNCC1. The second-order valence-electron chi connectivity index (χ2n) is 5.08. The molecule has 0 aromatic heterocycles. The zero-order valence-corrected chi connectivity index (χ0v) is 12.3. The first-order valence-corrected chi connectivity index (χ1v) is 7.65. The van der Waals surface area contributed by atoms with Crippen molar-refractivity contribution in [3.05, 3.63) is 0 Å². The van der Waals surface area contributed by atoms with E-state index in [0.29, 0.717) is 37.2 Å². The standard InChI is InChI=1S/C14H28N4O2/c19-13-1-5-15-9-10-17-7-3-14(20)4-8-18-12-11-16-6-2-13/h15-18H,1-12H2. The maximum atomic E-state index is 11.6. The molecule has 0 radical (unpaired) electrons. The lowest BCUT2D eigenvalue weighted by atomic mass is 10.2. The minimum atomic E-state index is 0.303. The molecule has 0 aromatic rings. The van der Waals surface area contributed by atoms with Crippen molar-refractivity contribution in [3.63, 3.8) is 0 Å². The Balaban J connectivity index is 2.19. The lowest BCUT2D eigenvalue weighted by Crippen LogP contribution is -2.32. The number of hydrogen-bond donors (Lipinski definition) is 4. The van der Waals surface area contributed by atoms with E-state index in [2.05, 4.69) is 21.3 Å². The van der Waals surface area contributed by atoms with Crippen molar-refractivity contribution in [3.8, 4) is 0 Å². The third kappa shape index (κ3) is 10.0. The topological polar surface area (TPSA) is 82.3 Å². The maximum absolute atomic E-state index is 11.6. The van der Waals surface area contributed by atoms with Crippen LogP contribution in [0.3, 0.4) is 0 Å². The van der Waals surface area contributed by atoms with Gasteiger partial charge in [-0.25, -0.2) is 0 Å². The fraction of sp³-hybridized carbons (Fsp3) is 0.857.